The topological polar surface area (TPSA) is 63.6 Å². The minimum absolute atomic E-state index is 0.130. The molecule has 0 rings (SSSR count). The molecule has 0 amide bonds. The van der Waals surface area contributed by atoms with E-state index in [-0.39, 0.29) is 12.5 Å². The van der Waals surface area contributed by atoms with Gasteiger partial charge in [0.15, 0.2) is 0 Å². The fourth-order valence-corrected chi connectivity index (χ4v) is 3.99. The normalized spacial score (nSPS) is 13.1. The summed E-state index contributed by atoms with van der Waals surface area (Å²) in [7, 11) is -4.31. The van der Waals surface area contributed by atoms with Gasteiger partial charge in [-0.3, -0.25) is 4.55 Å². The zero-order chi connectivity index (χ0) is 20.2. The van der Waals surface area contributed by atoms with E-state index in [4.69, 9.17) is 4.55 Å². The zero-order valence-corrected chi connectivity index (χ0v) is 18.9. The van der Waals surface area contributed by atoms with Crippen molar-refractivity contribution < 1.29 is 17.2 Å². The van der Waals surface area contributed by atoms with Gasteiger partial charge in [-0.1, -0.05) is 117 Å². The maximum atomic E-state index is 10.9. The lowest BCUT2D eigenvalue weighted by Crippen LogP contribution is -2.14. The van der Waals surface area contributed by atoms with E-state index in [0.29, 0.717) is 0 Å². The van der Waals surface area contributed by atoms with Gasteiger partial charge in [-0.25, -0.2) is 4.18 Å². The average molecular weight is 407 g/mol. The van der Waals surface area contributed by atoms with Gasteiger partial charge < -0.3 is 0 Å². The van der Waals surface area contributed by atoms with Crippen LogP contribution in [0.4, 0.5) is 0 Å². The summed E-state index contributed by atoms with van der Waals surface area (Å²) >= 11 is 0. The highest BCUT2D eigenvalue weighted by Crippen LogP contribution is 2.20. The molecule has 4 nitrogen and oxygen atoms in total. The summed E-state index contributed by atoms with van der Waals surface area (Å²) in [5, 5.41) is 0. The predicted molar refractivity (Wildman–Crippen MR) is 115 cm³/mol. The van der Waals surface area contributed by atoms with Gasteiger partial charge in [-0.05, 0) is 18.8 Å². The highest BCUT2D eigenvalue weighted by atomic mass is 32.3. The molecule has 1 atom stereocenters. The minimum atomic E-state index is -4.31. The van der Waals surface area contributed by atoms with Crippen LogP contribution in [-0.2, 0) is 14.6 Å². The van der Waals surface area contributed by atoms with Crippen molar-refractivity contribution in [2.24, 2.45) is 5.92 Å². The van der Waals surface area contributed by atoms with Gasteiger partial charge >= 0.3 is 10.4 Å². The molecule has 0 aliphatic carbocycles. The maximum absolute atomic E-state index is 10.9. The number of unbranched alkanes of at least 4 members (excludes halogenated alkanes) is 14. The molecule has 0 aromatic carbocycles. The SMILES string of the molecule is CCCCCCCCCCCCC(CCCCCCCC)COS(=O)(=O)O. The van der Waals surface area contributed by atoms with E-state index in [1.54, 1.807) is 0 Å². The van der Waals surface area contributed by atoms with Crippen molar-refractivity contribution in [1.29, 1.82) is 0 Å². The molecular weight excluding hydrogens is 360 g/mol. The van der Waals surface area contributed by atoms with Crippen LogP contribution in [0.15, 0.2) is 0 Å². The van der Waals surface area contributed by atoms with Crippen molar-refractivity contribution >= 4 is 10.4 Å². The summed E-state index contributed by atoms with van der Waals surface area (Å²) in [5.41, 5.74) is 0. The Morgan fingerprint density at radius 2 is 0.963 bits per heavy atom. The molecule has 27 heavy (non-hydrogen) atoms. The average Bonchev–Trinajstić information content (AvgIpc) is 2.62. The number of hydrogen-bond donors (Lipinski definition) is 1. The van der Waals surface area contributed by atoms with Crippen LogP contribution in [0, 0.1) is 5.92 Å². The molecule has 0 radical (unpaired) electrons. The molecule has 0 aliphatic rings. The van der Waals surface area contributed by atoms with Crippen molar-refractivity contribution in [3.63, 3.8) is 0 Å². The van der Waals surface area contributed by atoms with E-state index in [1.807, 2.05) is 0 Å². The third-order valence-corrected chi connectivity index (χ3v) is 5.82. The van der Waals surface area contributed by atoms with Crippen LogP contribution in [0.1, 0.15) is 129 Å². The van der Waals surface area contributed by atoms with E-state index in [2.05, 4.69) is 18.0 Å². The molecule has 0 fully saturated rings. The molecule has 0 heterocycles. The smallest absolute Gasteiger partial charge is 0.264 e. The Morgan fingerprint density at radius 3 is 1.30 bits per heavy atom. The van der Waals surface area contributed by atoms with Crippen LogP contribution in [0.2, 0.25) is 0 Å². The fourth-order valence-electron chi connectivity index (χ4n) is 3.63. The van der Waals surface area contributed by atoms with E-state index in [9.17, 15) is 8.42 Å². The van der Waals surface area contributed by atoms with E-state index < -0.39 is 10.4 Å². The van der Waals surface area contributed by atoms with Crippen LogP contribution in [0.3, 0.4) is 0 Å². The second-order valence-corrected chi connectivity index (χ2v) is 9.20. The molecule has 0 saturated carbocycles. The lowest BCUT2D eigenvalue weighted by molar-refractivity contribution is 0.204. The maximum Gasteiger partial charge on any atom is 0.397 e. The molecule has 164 valence electrons. The third-order valence-electron chi connectivity index (χ3n) is 5.38. The van der Waals surface area contributed by atoms with Crippen molar-refractivity contribution in [2.45, 2.75) is 129 Å². The van der Waals surface area contributed by atoms with Gasteiger partial charge in [0.2, 0.25) is 0 Å². The first-order valence-electron chi connectivity index (χ1n) is 11.6. The van der Waals surface area contributed by atoms with Crippen molar-refractivity contribution in [2.75, 3.05) is 6.61 Å². The monoisotopic (exact) mass is 406 g/mol. The van der Waals surface area contributed by atoms with Crippen LogP contribution in [-0.4, -0.2) is 19.6 Å². The first-order valence-corrected chi connectivity index (χ1v) is 13.0. The van der Waals surface area contributed by atoms with Crippen molar-refractivity contribution in [1.82, 2.24) is 0 Å². The van der Waals surface area contributed by atoms with Crippen LogP contribution < -0.4 is 0 Å². The Balaban J connectivity index is 3.79. The van der Waals surface area contributed by atoms with Crippen LogP contribution >= 0.6 is 0 Å². The van der Waals surface area contributed by atoms with E-state index in [0.717, 1.165) is 25.7 Å². The predicted octanol–water partition coefficient (Wildman–Crippen LogP) is 7.48. The van der Waals surface area contributed by atoms with Crippen molar-refractivity contribution in [3.8, 4) is 0 Å². The molecule has 0 aromatic rings. The standard InChI is InChI=1S/C22H46O4S/c1-3-5-7-9-11-12-13-14-16-18-20-22(21-26-27(23,24)25)19-17-15-10-8-6-4-2/h22H,3-21H2,1-2H3,(H,23,24,25). The Hall–Kier alpha value is -0.130. The quantitative estimate of drug-likeness (QED) is 0.158. The Kier molecular flexibility index (Phi) is 19.1. The zero-order valence-electron chi connectivity index (χ0n) is 18.1. The molecule has 0 aromatic heterocycles. The molecule has 0 saturated heterocycles. The Labute approximate surface area is 169 Å². The fraction of sp³-hybridized carbons (Fsp3) is 1.00. The highest BCUT2D eigenvalue weighted by Gasteiger charge is 2.13. The highest BCUT2D eigenvalue weighted by molar-refractivity contribution is 7.80. The lowest BCUT2D eigenvalue weighted by atomic mass is 9.95. The number of hydrogen-bond acceptors (Lipinski definition) is 3. The molecule has 0 bridgehead atoms. The summed E-state index contributed by atoms with van der Waals surface area (Å²) in [6.45, 7) is 4.60. The second-order valence-electron chi connectivity index (χ2n) is 8.11. The summed E-state index contributed by atoms with van der Waals surface area (Å²) in [5.74, 6) is 0.243. The Bertz CT molecular complexity index is 395. The molecule has 1 unspecified atom stereocenters. The third kappa shape index (κ3) is 22.0. The van der Waals surface area contributed by atoms with Crippen molar-refractivity contribution in [3.05, 3.63) is 0 Å². The van der Waals surface area contributed by atoms with E-state index in [1.165, 1.54) is 89.9 Å². The van der Waals surface area contributed by atoms with Crippen LogP contribution in [0.5, 0.6) is 0 Å². The first-order chi connectivity index (χ1) is 13.0. The lowest BCUT2D eigenvalue weighted by Gasteiger charge is -2.16. The van der Waals surface area contributed by atoms with Gasteiger partial charge in [-0.2, -0.15) is 8.42 Å². The molecule has 0 aliphatic heterocycles. The largest absolute Gasteiger partial charge is 0.397 e. The Morgan fingerprint density at radius 1 is 0.630 bits per heavy atom. The van der Waals surface area contributed by atoms with Gasteiger partial charge in [0.25, 0.3) is 0 Å². The summed E-state index contributed by atoms with van der Waals surface area (Å²) in [4.78, 5) is 0. The minimum Gasteiger partial charge on any atom is -0.264 e. The summed E-state index contributed by atoms with van der Waals surface area (Å²) in [6, 6.07) is 0. The molecule has 5 heteroatoms. The molecule has 0 spiro atoms. The van der Waals surface area contributed by atoms with Gasteiger partial charge in [0.05, 0.1) is 6.61 Å². The van der Waals surface area contributed by atoms with Gasteiger partial charge in [0, 0.05) is 0 Å². The van der Waals surface area contributed by atoms with Gasteiger partial charge in [0.1, 0.15) is 0 Å². The van der Waals surface area contributed by atoms with E-state index >= 15 is 0 Å². The molecular formula is C22H46O4S. The summed E-state index contributed by atoms with van der Waals surface area (Å²) in [6.07, 6.45) is 22.5. The first kappa shape index (κ1) is 26.9. The number of rotatable bonds is 21. The molecule has 1 N–H and O–H groups in total. The van der Waals surface area contributed by atoms with Crippen LogP contribution in [0.25, 0.3) is 0 Å². The van der Waals surface area contributed by atoms with Gasteiger partial charge in [-0.15, -0.1) is 0 Å². The summed E-state index contributed by atoms with van der Waals surface area (Å²) < 4.78 is 35.2. The second kappa shape index (κ2) is 19.2.